The quantitative estimate of drug-likeness (QED) is 0.778. The maximum Gasteiger partial charge on any atom is 0.252 e. The number of benzene rings is 1. The van der Waals surface area contributed by atoms with Gasteiger partial charge in [-0.2, -0.15) is 0 Å². The standard InChI is InChI=1S/C8H4Cl2O2.H3N/c9-7(11)5-1-2-6(4-3-5)8(10)12;/h1-4H;1H3. The summed E-state index contributed by atoms with van der Waals surface area (Å²) >= 11 is 10.4. The molecule has 0 aliphatic rings. The van der Waals surface area contributed by atoms with Crippen molar-refractivity contribution in [3.8, 4) is 0 Å². The number of halogens is 2. The van der Waals surface area contributed by atoms with Gasteiger partial charge in [-0.05, 0) is 47.5 Å². The highest BCUT2D eigenvalue weighted by Crippen LogP contribution is 2.08. The Hall–Kier alpha value is -0.900. The lowest BCUT2D eigenvalue weighted by molar-refractivity contribution is 0.107. The monoisotopic (exact) mass is 219 g/mol. The summed E-state index contributed by atoms with van der Waals surface area (Å²) in [5.41, 5.74) is 0.691. The molecule has 0 aromatic heterocycles. The average Bonchev–Trinajstić information content (AvgIpc) is 2.04. The van der Waals surface area contributed by atoms with Crippen LogP contribution >= 0.6 is 23.2 Å². The Morgan fingerprint density at radius 3 is 1.23 bits per heavy atom. The zero-order valence-electron chi connectivity index (χ0n) is 6.59. The molecule has 0 aliphatic carbocycles. The molecule has 0 atom stereocenters. The summed E-state index contributed by atoms with van der Waals surface area (Å²) in [4.78, 5) is 21.1. The normalized spacial score (nSPS) is 8.77. The van der Waals surface area contributed by atoms with Crippen molar-refractivity contribution < 1.29 is 9.59 Å². The van der Waals surface area contributed by atoms with E-state index in [0.29, 0.717) is 11.1 Å². The zero-order chi connectivity index (χ0) is 9.14. The number of hydrogen-bond donors (Lipinski definition) is 1. The van der Waals surface area contributed by atoms with Gasteiger partial charge in [0, 0.05) is 11.1 Å². The van der Waals surface area contributed by atoms with Crippen LogP contribution in [0.5, 0.6) is 0 Å². The Labute approximate surface area is 85.2 Å². The minimum atomic E-state index is -0.552. The number of hydrogen-bond acceptors (Lipinski definition) is 3. The highest BCUT2D eigenvalue weighted by atomic mass is 35.5. The van der Waals surface area contributed by atoms with E-state index in [4.69, 9.17) is 23.2 Å². The van der Waals surface area contributed by atoms with E-state index < -0.39 is 10.5 Å². The molecule has 0 heterocycles. The van der Waals surface area contributed by atoms with Gasteiger partial charge in [-0.3, -0.25) is 9.59 Å². The second kappa shape index (κ2) is 4.97. The van der Waals surface area contributed by atoms with Gasteiger partial charge in [0.05, 0.1) is 0 Å². The lowest BCUT2D eigenvalue weighted by atomic mass is 10.2. The molecule has 0 spiro atoms. The van der Waals surface area contributed by atoms with Crippen molar-refractivity contribution in [3.05, 3.63) is 35.4 Å². The van der Waals surface area contributed by atoms with Crippen LogP contribution in [0.3, 0.4) is 0 Å². The molecule has 3 nitrogen and oxygen atoms in total. The van der Waals surface area contributed by atoms with Crippen LogP contribution in [0.15, 0.2) is 24.3 Å². The van der Waals surface area contributed by atoms with E-state index in [-0.39, 0.29) is 6.15 Å². The highest BCUT2D eigenvalue weighted by molar-refractivity contribution is 6.68. The van der Waals surface area contributed by atoms with Crippen molar-refractivity contribution in [1.82, 2.24) is 6.15 Å². The molecule has 0 saturated carbocycles. The molecule has 0 unspecified atom stereocenters. The maximum atomic E-state index is 10.6. The fourth-order valence-electron chi connectivity index (χ4n) is 0.732. The van der Waals surface area contributed by atoms with E-state index in [0.717, 1.165) is 0 Å². The van der Waals surface area contributed by atoms with E-state index in [1.54, 1.807) is 0 Å². The number of carbonyl (C=O) groups is 2. The van der Waals surface area contributed by atoms with Gasteiger partial charge in [0.2, 0.25) is 0 Å². The fourth-order valence-corrected chi connectivity index (χ4v) is 0.984. The lowest BCUT2D eigenvalue weighted by Gasteiger charge is -1.94. The third-order valence-electron chi connectivity index (χ3n) is 1.34. The van der Waals surface area contributed by atoms with E-state index in [1.807, 2.05) is 0 Å². The largest absolute Gasteiger partial charge is 0.344 e. The molecule has 1 aromatic rings. The maximum absolute atomic E-state index is 10.6. The van der Waals surface area contributed by atoms with E-state index in [1.165, 1.54) is 24.3 Å². The average molecular weight is 220 g/mol. The molecule has 0 amide bonds. The first-order valence-electron chi connectivity index (χ1n) is 3.11. The van der Waals surface area contributed by atoms with Gasteiger partial charge in [-0.15, -0.1) is 0 Å². The van der Waals surface area contributed by atoms with Gasteiger partial charge in [-0.25, -0.2) is 0 Å². The van der Waals surface area contributed by atoms with Gasteiger partial charge >= 0.3 is 0 Å². The summed E-state index contributed by atoms with van der Waals surface area (Å²) in [7, 11) is 0. The molecule has 0 radical (unpaired) electrons. The molecule has 70 valence electrons. The Morgan fingerprint density at radius 1 is 0.846 bits per heavy atom. The summed E-state index contributed by atoms with van der Waals surface area (Å²) in [6.45, 7) is 0. The van der Waals surface area contributed by atoms with Crippen molar-refractivity contribution in [2.75, 3.05) is 0 Å². The molecule has 0 saturated heterocycles. The Kier molecular flexibility index (Phi) is 4.62. The second-order valence-electron chi connectivity index (χ2n) is 2.12. The smallest absolute Gasteiger partial charge is 0.252 e. The van der Waals surface area contributed by atoms with Crippen LogP contribution in [-0.2, 0) is 0 Å². The Balaban J connectivity index is 0.00000144. The van der Waals surface area contributed by atoms with Crippen molar-refractivity contribution in [2.24, 2.45) is 0 Å². The molecule has 0 fully saturated rings. The Bertz CT molecular complexity index is 288. The van der Waals surface area contributed by atoms with Crippen molar-refractivity contribution in [3.63, 3.8) is 0 Å². The molecular weight excluding hydrogens is 213 g/mol. The number of rotatable bonds is 2. The summed E-state index contributed by atoms with van der Waals surface area (Å²) in [5.74, 6) is 0. The summed E-state index contributed by atoms with van der Waals surface area (Å²) < 4.78 is 0. The molecule has 0 bridgehead atoms. The lowest BCUT2D eigenvalue weighted by Crippen LogP contribution is -1.92. The molecular formula is C8H7Cl2NO2. The molecule has 1 rings (SSSR count). The summed E-state index contributed by atoms with van der Waals surface area (Å²) in [6, 6.07) is 5.80. The SMILES string of the molecule is N.O=C(Cl)c1ccc(C(=O)Cl)cc1. The van der Waals surface area contributed by atoms with Crippen LogP contribution < -0.4 is 6.15 Å². The molecule has 13 heavy (non-hydrogen) atoms. The van der Waals surface area contributed by atoms with Crippen LogP contribution in [0, 0.1) is 0 Å². The first-order valence-corrected chi connectivity index (χ1v) is 3.86. The van der Waals surface area contributed by atoms with Crippen molar-refractivity contribution in [2.45, 2.75) is 0 Å². The van der Waals surface area contributed by atoms with Gasteiger partial charge in [0.1, 0.15) is 0 Å². The van der Waals surface area contributed by atoms with Crippen LogP contribution in [0.25, 0.3) is 0 Å². The first-order chi connectivity index (χ1) is 5.61. The predicted molar refractivity (Wildman–Crippen MR) is 51.8 cm³/mol. The zero-order valence-corrected chi connectivity index (χ0v) is 8.10. The van der Waals surface area contributed by atoms with Gasteiger partial charge in [0.25, 0.3) is 10.5 Å². The van der Waals surface area contributed by atoms with Crippen molar-refractivity contribution >= 4 is 33.7 Å². The van der Waals surface area contributed by atoms with E-state index in [9.17, 15) is 9.59 Å². The number of carbonyl (C=O) groups excluding carboxylic acids is 2. The third-order valence-corrected chi connectivity index (χ3v) is 1.78. The second-order valence-corrected chi connectivity index (χ2v) is 2.81. The highest BCUT2D eigenvalue weighted by Gasteiger charge is 2.03. The van der Waals surface area contributed by atoms with E-state index in [2.05, 4.69) is 0 Å². The molecule has 5 heteroatoms. The molecule has 0 aliphatic heterocycles. The third kappa shape index (κ3) is 3.14. The first kappa shape index (κ1) is 12.1. The molecule has 1 aromatic carbocycles. The minimum absolute atomic E-state index is 0. The van der Waals surface area contributed by atoms with Crippen LogP contribution in [-0.4, -0.2) is 10.5 Å². The van der Waals surface area contributed by atoms with Gasteiger partial charge < -0.3 is 6.15 Å². The van der Waals surface area contributed by atoms with Crippen LogP contribution in [0.2, 0.25) is 0 Å². The predicted octanol–water partition coefficient (Wildman–Crippen LogP) is 2.61. The fraction of sp³-hybridized carbons (Fsp3) is 0. The summed E-state index contributed by atoms with van der Waals surface area (Å²) in [5, 5.41) is -1.10. The molecule has 3 N–H and O–H groups in total. The minimum Gasteiger partial charge on any atom is -0.344 e. The van der Waals surface area contributed by atoms with E-state index >= 15 is 0 Å². The Morgan fingerprint density at radius 2 is 1.08 bits per heavy atom. The summed E-state index contributed by atoms with van der Waals surface area (Å²) in [6.07, 6.45) is 0. The van der Waals surface area contributed by atoms with Crippen LogP contribution in [0.4, 0.5) is 0 Å². The van der Waals surface area contributed by atoms with Gasteiger partial charge in [-0.1, -0.05) is 0 Å². The topological polar surface area (TPSA) is 69.1 Å². The van der Waals surface area contributed by atoms with Crippen molar-refractivity contribution in [1.29, 1.82) is 0 Å². The van der Waals surface area contributed by atoms with Crippen LogP contribution in [0.1, 0.15) is 20.7 Å². The van der Waals surface area contributed by atoms with Gasteiger partial charge in [0.15, 0.2) is 0 Å².